The molecule has 0 N–H and O–H groups in total. The van der Waals surface area contributed by atoms with E-state index in [2.05, 4.69) is 17.6 Å². The summed E-state index contributed by atoms with van der Waals surface area (Å²) in [6.07, 6.45) is 8.83. The summed E-state index contributed by atoms with van der Waals surface area (Å²) in [5, 5.41) is 0. The lowest BCUT2D eigenvalue weighted by Gasteiger charge is -2.19. The minimum atomic E-state index is -0.0597. The predicted molar refractivity (Wildman–Crippen MR) is 138 cm³/mol. The molecule has 2 aromatic rings. The second-order valence-corrected chi connectivity index (χ2v) is 6.50. The van der Waals surface area contributed by atoms with E-state index in [1.54, 1.807) is 13.2 Å². The van der Waals surface area contributed by atoms with Gasteiger partial charge in [-0.15, -0.1) is 0 Å². The van der Waals surface area contributed by atoms with Gasteiger partial charge in [-0.1, -0.05) is 88.9 Å². The van der Waals surface area contributed by atoms with Gasteiger partial charge in [-0.05, 0) is 42.7 Å². The highest BCUT2D eigenvalue weighted by Crippen LogP contribution is 2.30. The third kappa shape index (κ3) is 6.58. The van der Waals surface area contributed by atoms with Crippen molar-refractivity contribution < 1.29 is 9.53 Å². The zero-order valence-corrected chi connectivity index (χ0v) is 20.4. The zero-order valence-electron chi connectivity index (χ0n) is 20.4. The number of benzene rings is 2. The van der Waals surface area contributed by atoms with Crippen LogP contribution in [0, 0.1) is 0 Å². The molecule has 0 fully saturated rings. The molecule has 0 aliphatic carbocycles. The number of hydrogen-bond donors (Lipinski definition) is 0. The van der Waals surface area contributed by atoms with Crippen LogP contribution >= 0.6 is 0 Å². The molecule has 1 heterocycles. The van der Waals surface area contributed by atoms with E-state index in [0.29, 0.717) is 16.9 Å². The molecule has 0 atom stereocenters. The molecule has 0 radical (unpaired) electrons. The van der Waals surface area contributed by atoms with Crippen LogP contribution in [0.2, 0.25) is 0 Å². The maximum atomic E-state index is 13.5. The van der Waals surface area contributed by atoms with Crippen molar-refractivity contribution in [2.24, 2.45) is 0 Å². The lowest BCUT2D eigenvalue weighted by atomic mass is 9.96. The summed E-state index contributed by atoms with van der Waals surface area (Å²) in [6.45, 7) is 14.7. The van der Waals surface area contributed by atoms with Crippen LogP contribution in [-0.4, -0.2) is 24.3 Å². The van der Waals surface area contributed by atoms with Gasteiger partial charge in [0.25, 0.3) is 0 Å². The zero-order chi connectivity index (χ0) is 23.9. The maximum Gasteiger partial charge on any atom is 0.198 e. The lowest BCUT2D eigenvalue weighted by Crippen LogP contribution is -2.15. The summed E-state index contributed by atoms with van der Waals surface area (Å²) in [5.41, 5.74) is 4.34. The summed E-state index contributed by atoms with van der Waals surface area (Å²) in [6, 6.07) is 17.1. The number of allylic oxidation sites excluding steroid dienone is 4. The fourth-order valence-corrected chi connectivity index (χ4v) is 3.39. The van der Waals surface area contributed by atoms with Crippen LogP contribution in [0.1, 0.15) is 57.0 Å². The van der Waals surface area contributed by atoms with Crippen LogP contribution < -0.4 is 4.74 Å². The Balaban J connectivity index is 0.00000121. The second-order valence-electron chi connectivity index (χ2n) is 6.50. The van der Waals surface area contributed by atoms with Crippen LogP contribution in [-0.2, 0) is 0 Å². The van der Waals surface area contributed by atoms with Crippen LogP contribution in [0.25, 0.3) is 5.57 Å². The number of ketones is 1. The molecule has 170 valence electrons. The van der Waals surface area contributed by atoms with E-state index < -0.39 is 0 Å². The minimum absolute atomic E-state index is 0.0597. The van der Waals surface area contributed by atoms with Crippen LogP contribution in [0.5, 0.6) is 5.75 Å². The molecular weight excluding hydrogens is 394 g/mol. The summed E-state index contributed by atoms with van der Waals surface area (Å²) in [7, 11) is 1.59. The van der Waals surface area contributed by atoms with Crippen LogP contribution in [0.15, 0.2) is 96.9 Å². The number of carbonyl (C=O) groups is 1. The van der Waals surface area contributed by atoms with Gasteiger partial charge in [-0.25, -0.2) is 0 Å². The Bertz CT molecular complexity index is 952. The van der Waals surface area contributed by atoms with Crippen molar-refractivity contribution in [1.82, 2.24) is 4.90 Å². The van der Waals surface area contributed by atoms with E-state index in [1.165, 1.54) is 5.57 Å². The second kappa shape index (κ2) is 14.6. The van der Waals surface area contributed by atoms with Crippen molar-refractivity contribution >= 4 is 11.4 Å². The molecule has 2 aromatic carbocycles. The minimum Gasteiger partial charge on any atom is -0.496 e. The Morgan fingerprint density at radius 1 is 1.00 bits per heavy atom. The SMILES string of the molecule is C=CC1=C(/C=C\C)N(/C=C(/C(=O)c2ccccc2OC)c2ccccc2)CC1.CC.CC. The largest absolute Gasteiger partial charge is 0.496 e. The number of methoxy groups -OCH3 is 1. The highest BCUT2D eigenvalue weighted by atomic mass is 16.5. The Labute approximate surface area is 194 Å². The van der Waals surface area contributed by atoms with Gasteiger partial charge in [0.15, 0.2) is 5.78 Å². The fraction of sp³-hybridized carbons (Fsp3) is 0.276. The average Bonchev–Trinajstić information content (AvgIpc) is 3.26. The van der Waals surface area contributed by atoms with E-state index in [1.807, 2.05) is 102 Å². The number of carbonyl (C=O) groups excluding carboxylic acids is 1. The summed E-state index contributed by atoms with van der Waals surface area (Å²) in [4.78, 5) is 15.6. The average molecular weight is 432 g/mol. The maximum absolute atomic E-state index is 13.5. The first-order chi connectivity index (χ1) is 15.7. The molecule has 0 saturated carbocycles. The van der Waals surface area contributed by atoms with Gasteiger partial charge in [0.2, 0.25) is 0 Å². The Kier molecular flexibility index (Phi) is 12.2. The summed E-state index contributed by atoms with van der Waals surface area (Å²) >= 11 is 0. The smallest absolute Gasteiger partial charge is 0.198 e. The monoisotopic (exact) mass is 431 g/mol. The molecule has 32 heavy (non-hydrogen) atoms. The molecular formula is C29H37NO2. The first-order valence-electron chi connectivity index (χ1n) is 11.4. The molecule has 3 rings (SSSR count). The molecule has 1 aliphatic heterocycles. The van der Waals surface area contributed by atoms with Crippen molar-refractivity contribution in [2.45, 2.75) is 41.0 Å². The molecule has 3 heteroatoms. The van der Waals surface area contributed by atoms with Crippen molar-refractivity contribution in [1.29, 1.82) is 0 Å². The topological polar surface area (TPSA) is 29.5 Å². The molecule has 0 unspecified atom stereocenters. The number of para-hydroxylation sites is 1. The summed E-state index contributed by atoms with van der Waals surface area (Å²) < 4.78 is 5.42. The van der Waals surface area contributed by atoms with Gasteiger partial charge in [-0.3, -0.25) is 4.79 Å². The number of Topliss-reactive ketones (excluding diaryl/α,β-unsaturated/α-hetero) is 1. The molecule has 0 bridgehead atoms. The van der Waals surface area contributed by atoms with E-state index in [-0.39, 0.29) is 5.78 Å². The van der Waals surface area contributed by atoms with Crippen molar-refractivity contribution in [3.05, 3.63) is 108 Å². The molecule has 0 saturated heterocycles. The third-order valence-corrected chi connectivity index (χ3v) is 4.80. The van der Waals surface area contributed by atoms with E-state index >= 15 is 0 Å². The predicted octanol–water partition coefficient (Wildman–Crippen LogP) is 7.69. The van der Waals surface area contributed by atoms with E-state index in [4.69, 9.17) is 4.74 Å². The van der Waals surface area contributed by atoms with E-state index in [9.17, 15) is 4.79 Å². The molecule has 1 aliphatic rings. The molecule has 0 aromatic heterocycles. The van der Waals surface area contributed by atoms with Gasteiger partial charge in [0, 0.05) is 24.0 Å². The fourth-order valence-electron chi connectivity index (χ4n) is 3.39. The van der Waals surface area contributed by atoms with Crippen LogP contribution in [0.3, 0.4) is 0 Å². The Morgan fingerprint density at radius 3 is 2.22 bits per heavy atom. The van der Waals surface area contributed by atoms with Crippen LogP contribution in [0.4, 0.5) is 0 Å². The van der Waals surface area contributed by atoms with Crippen molar-refractivity contribution in [3.8, 4) is 5.75 Å². The highest BCUT2D eigenvalue weighted by Gasteiger charge is 2.22. The molecule has 3 nitrogen and oxygen atoms in total. The van der Waals surface area contributed by atoms with Gasteiger partial charge in [0.1, 0.15) is 5.75 Å². The normalized spacial score (nSPS) is 13.2. The number of hydrogen-bond acceptors (Lipinski definition) is 3. The number of rotatable bonds is 7. The Hall–Kier alpha value is -3.33. The quantitative estimate of drug-likeness (QED) is 0.332. The summed E-state index contributed by atoms with van der Waals surface area (Å²) in [5.74, 6) is 0.516. The van der Waals surface area contributed by atoms with Gasteiger partial charge >= 0.3 is 0 Å². The first kappa shape index (κ1) is 26.7. The van der Waals surface area contributed by atoms with Gasteiger partial charge < -0.3 is 9.64 Å². The van der Waals surface area contributed by atoms with Gasteiger partial charge in [0.05, 0.1) is 12.7 Å². The van der Waals surface area contributed by atoms with Crippen molar-refractivity contribution in [3.63, 3.8) is 0 Å². The Morgan fingerprint density at radius 2 is 1.62 bits per heavy atom. The van der Waals surface area contributed by atoms with E-state index in [0.717, 1.165) is 24.2 Å². The molecule has 0 spiro atoms. The first-order valence-corrected chi connectivity index (χ1v) is 11.4. The third-order valence-electron chi connectivity index (χ3n) is 4.80. The van der Waals surface area contributed by atoms with Crippen molar-refractivity contribution in [2.75, 3.05) is 13.7 Å². The van der Waals surface area contributed by atoms with Gasteiger partial charge in [-0.2, -0.15) is 0 Å². The highest BCUT2D eigenvalue weighted by molar-refractivity contribution is 6.29. The lowest BCUT2D eigenvalue weighted by molar-refractivity contribution is 0.105. The molecule has 0 amide bonds. The standard InChI is InChI=1S/C25H25NO2.2C2H6/c1-4-11-23-19(5-2)16-17-26(23)18-22(20-12-7-6-8-13-20)25(27)21-14-9-10-15-24(21)28-3;2*1-2/h4-15,18H,2,16-17H2,1,3H3;2*1-2H3/b11-4-,22-18+;;. The number of nitrogens with zero attached hydrogens (tertiary/aromatic N) is 1. The number of ether oxygens (including phenoxy) is 1.